The second kappa shape index (κ2) is 4.88. The van der Waals surface area contributed by atoms with Crippen LogP contribution in [-0.2, 0) is 13.5 Å². The minimum absolute atomic E-state index is 0.0951. The molecule has 4 nitrogen and oxygen atoms in total. The Bertz CT molecular complexity index is 603. The van der Waals surface area contributed by atoms with Gasteiger partial charge in [0.25, 0.3) is 5.91 Å². The molecule has 1 unspecified atom stereocenters. The molecule has 3 rings (SSSR count). The van der Waals surface area contributed by atoms with Crippen LogP contribution in [0.25, 0.3) is 0 Å². The highest BCUT2D eigenvalue weighted by molar-refractivity contribution is 5.92. The molecule has 0 aliphatic heterocycles. The molecule has 1 heterocycles. The Morgan fingerprint density at radius 1 is 1.37 bits per heavy atom. The van der Waals surface area contributed by atoms with Gasteiger partial charge >= 0.3 is 0 Å². The van der Waals surface area contributed by atoms with E-state index in [-0.39, 0.29) is 11.9 Å². The normalized spacial score (nSPS) is 17.8. The lowest BCUT2D eigenvalue weighted by molar-refractivity contribution is 0.0927. The number of rotatable bonds is 2. The molecule has 0 bridgehead atoms. The molecule has 1 amide bonds. The topological polar surface area (TPSA) is 46.9 Å². The van der Waals surface area contributed by atoms with E-state index in [1.165, 1.54) is 11.1 Å². The summed E-state index contributed by atoms with van der Waals surface area (Å²) in [5, 5.41) is 7.23. The first-order chi connectivity index (χ1) is 9.24. The monoisotopic (exact) mass is 255 g/mol. The Kier molecular flexibility index (Phi) is 3.07. The van der Waals surface area contributed by atoms with Gasteiger partial charge in [-0.3, -0.25) is 9.48 Å². The number of fused-ring (bicyclic) bond motifs is 1. The van der Waals surface area contributed by atoms with E-state index in [2.05, 4.69) is 28.6 Å². The Hall–Kier alpha value is -2.10. The fraction of sp³-hybridized carbons (Fsp3) is 0.333. The standard InChI is InChI=1S/C15H17N3O/c1-18-10-9-14(17-18)15(19)16-13-8-4-6-11-5-2-3-7-12(11)13/h2-3,5,7,9-10,13H,4,6,8H2,1H3,(H,16,19). The number of aryl methyl sites for hydroxylation is 2. The van der Waals surface area contributed by atoms with Crippen LogP contribution in [0.1, 0.15) is 40.5 Å². The van der Waals surface area contributed by atoms with Crippen molar-refractivity contribution >= 4 is 5.91 Å². The second-order valence-corrected chi connectivity index (χ2v) is 4.99. The molecule has 4 heteroatoms. The number of hydrogen-bond acceptors (Lipinski definition) is 2. The zero-order chi connectivity index (χ0) is 13.2. The molecule has 98 valence electrons. The summed E-state index contributed by atoms with van der Waals surface area (Å²) in [7, 11) is 1.81. The van der Waals surface area contributed by atoms with Crippen molar-refractivity contribution in [3.63, 3.8) is 0 Å². The average molecular weight is 255 g/mol. The van der Waals surface area contributed by atoms with Crippen molar-refractivity contribution in [1.82, 2.24) is 15.1 Å². The number of hydrogen-bond donors (Lipinski definition) is 1. The summed E-state index contributed by atoms with van der Waals surface area (Å²) < 4.78 is 1.64. The maximum absolute atomic E-state index is 12.1. The van der Waals surface area contributed by atoms with Gasteiger partial charge in [0.05, 0.1) is 6.04 Å². The smallest absolute Gasteiger partial charge is 0.272 e. The Morgan fingerprint density at radius 3 is 3.00 bits per heavy atom. The van der Waals surface area contributed by atoms with Crippen molar-refractivity contribution in [3.05, 3.63) is 53.3 Å². The van der Waals surface area contributed by atoms with Gasteiger partial charge in [0.1, 0.15) is 5.69 Å². The van der Waals surface area contributed by atoms with E-state index in [9.17, 15) is 4.79 Å². The number of amides is 1. The van der Waals surface area contributed by atoms with Crippen LogP contribution in [0.3, 0.4) is 0 Å². The summed E-state index contributed by atoms with van der Waals surface area (Å²) in [6.07, 6.45) is 5.00. The van der Waals surface area contributed by atoms with Crippen LogP contribution >= 0.6 is 0 Å². The van der Waals surface area contributed by atoms with Crippen LogP contribution in [-0.4, -0.2) is 15.7 Å². The minimum Gasteiger partial charge on any atom is -0.344 e. The van der Waals surface area contributed by atoms with Gasteiger partial charge in [-0.05, 0) is 36.5 Å². The summed E-state index contributed by atoms with van der Waals surface area (Å²) in [6.45, 7) is 0. The lowest BCUT2D eigenvalue weighted by Crippen LogP contribution is -2.31. The largest absolute Gasteiger partial charge is 0.344 e. The molecule has 1 N–H and O–H groups in total. The third kappa shape index (κ3) is 2.38. The highest BCUT2D eigenvalue weighted by atomic mass is 16.2. The van der Waals surface area contributed by atoms with Crippen molar-refractivity contribution in [2.24, 2.45) is 7.05 Å². The van der Waals surface area contributed by atoms with Gasteiger partial charge in [-0.1, -0.05) is 24.3 Å². The molecule has 1 aromatic heterocycles. The maximum atomic E-state index is 12.1. The maximum Gasteiger partial charge on any atom is 0.272 e. The van der Waals surface area contributed by atoms with Gasteiger partial charge in [-0.2, -0.15) is 5.10 Å². The molecule has 0 radical (unpaired) electrons. The van der Waals surface area contributed by atoms with Crippen LogP contribution in [0.5, 0.6) is 0 Å². The van der Waals surface area contributed by atoms with E-state index in [0.717, 1.165) is 19.3 Å². The average Bonchev–Trinajstić information content (AvgIpc) is 2.86. The molecule has 1 aliphatic rings. The predicted octanol–water partition coefficient (Wildman–Crippen LogP) is 2.23. The fourth-order valence-corrected chi connectivity index (χ4v) is 2.67. The first-order valence-corrected chi connectivity index (χ1v) is 6.62. The van der Waals surface area contributed by atoms with Crippen LogP contribution < -0.4 is 5.32 Å². The summed E-state index contributed by atoms with van der Waals surface area (Å²) in [6, 6.07) is 10.2. The molecule has 2 aromatic rings. The van der Waals surface area contributed by atoms with E-state index in [4.69, 9.17) is 0 Å². The third-order valence-electron chi connectivity index (χ3n) is 3.62. The van der Waals surface area contributed by atoms with Crippen LogP contribution in [0.15, 0.2) is 36.5 Å². The van der Waals surface area contributed by atoms with E-state index >= 15 is 0 Å². The summed E-state index contributed by atoms with van der Waals surface area (Å²) in [4.78, 5) is 12.1. The van der Waals surface area contributed by atoms with Crippen molar-refractivity contribution in [3.8, 4) is 0 Å². The number of nitrogens with zero attached hydrogens (tertiary/aromatic N) is 2. The summed E-state index contributed by atoms with van der Waals surface area (Å²) >= 11 is 0. The molecule has 1 atom stereocenters. The van der Waals surface area contributed by atoms with E-state index in [0.29, 0.717) is 5.69 Å². The lowest BCUT2D eigenvalue weighted by Gasteiger charge is -2.26. The number of carbonyl (C=O) groups is 1. The third-order valence-corrected chi connectivity index (χ3v) is 3.62. The van der Waals surface area contributed by atoms with Gasteiger partial charge in [0.15, 0.2) is 0 Å². The van der Waals surface area contributed by atoms with E-state index < -0.39 is 0 Å². The minimum atomic E-state index is -0.0951. The highest BCUT2D eigenvalue weighted by Crippen LogP contribution is 2.29. The molecule has 0 fully saturated rings. The molecule has 0 saturated carbocycles. The summed E-state index contributed by atoms with van der Waals surface area (Å²) in [5.41, 5.74) is 3.07. The van der Waals surface area contributed by atoms with Crippen molar-refractivity contribution in [1.29, 1.82) is 0 Å². The summed E-state index contributed by atoms with van der Waals surface area (Å²) in [5.74, 6) is -0.0951. The van der Waals surface area contributed by atoms with Gasteiger partial charge in [-0.25, -0.2) is 0 Å². The first-order valence-electron chi connectivity index (χ1n) is 6.62. The number of carbonyl (C=O) groups excluding carboxylic acids is 1. The zero-order valence-electron chi connectivity index (χ0n) is 11.0. The quantitative estimate of drug-likeness (QED) is 0.894. The van der Waals surface area contributed by atoms with Gasteiger partial charge < -0.3 is 5.32 Å². The second-order valence-electron chi connectivity index (χ2n) is 4.99. The first kappa shape index (κ1) is 12.0. The number of aromatic nitrogens is 2. The van der Waals surface area contributed by atoms with Gasteiger partial charge in [0.2, 0.25) is 0 Å². The van der Waals surface area contributed by atoms with Crippen molar-refractivity contribution in [2.45, 2.75) is 25.3 Å². The SMILES string of the molecule is Cn1ccc(C(=O)NC2CCCc3ccccc32)n1. The fourth-order valence-electron chi connectivity index (χ4n) is 2.67. The van der Waals surface area contributed by atoms with E-state index in [1.54, 1.807) is 16.9 Å². The molecule has 0 spiro atoms. The Balaban J connectivity index is 1.79. The molecule has 19 heavy (non-hydrogen) atoms. The van der Waals surface area contributed by atoms with Crippen molar-refractivity contribution in [2.75, 3.05) is 0 Å². The predicted molar refractivity (Wildman–Crippen MR) is 72.8 cm³/mol. The molecule has 1 aliphatic carbocycles. The van der Waals surface area contributed by atoms with Crippen LogP contribution in [0.2, 0.25) is 0 Å². The Labute approximate surface area is 112 Å². The molecule has 0 saturated heterocycles. The molecular weight excluding hydrogens is 238 g/mol. The van der Waals surface area contributed by atoms with Crippen LogP contribution in [0, 0.1) is 0 Å². The van der Waals surface area contributed by atoms with Crippen LogP contribution in [0.4, 0.5) is 0 Å². The molecular formula is C15H17N3O. The lowest BCUT2D eigenvalue weighted by atomic mass is 9.88. The number of benzene rings is 1. The van der Waals surface area contributed by atoms with E-state index in [1.807, 2.05) is 13.1 Å². The van der Waals surface area contributed by atoms with Crippen molar-refractivity contribution < 1.29 is 4.79 Å². The highest BCUT2D eigenvalue weighted by Gasteiger charge is 2.22. The number of nitrogens with one attached hydrogen (secondary N) is 1. The zero-order valence-corrected chi connectivity index (χ0v) is 11.0. The molecule has 1 aromatic carbocycles. The Morgan fingerprint density at radius 2 is 2.21 bits per heavy atom. The van der Waals surface area contributed by atoms with Gasteiger partial charge in [-0.15, -0.1) is 0 Å². The van der Waals surface area contributed by atoms with Gasteiger partial charge in [0, 0.05) is 13.2 Å².